The number of aryl methyl sites for hydroxylation is 1. The first-order valence-electron chi connectivity index (χ1n) is 24.5. The number of unbranched alkanes of at least 4 members (excludes halogenated alkanes) is 21. The Labute approximate surface area is 357 Å². The molecule has 334 valence electrons. The summed E-state index contributed by atoms with van der Waals surface area (Å²) in [5.41, 5.74) is 1.27. The van der Waals surface area contributed by atoms with Gasteiger partial charge in [0.15, 0.2) is 0 Å². The summed E-state index contributed by atoms with van der Waals surface area (Å²) in [5.74, 6) is 1.53. The number of piperazine rings is 1. The number of allylic oxidation sites excluding steroid dienone is 4. The highest BCUT2D eigenvalue weighted by Gasteiger charge is 2.16. The van der Waals surface area contributed by atoms with Gasteiger partial charge >= 0.3 is 5.97 Å². The molecule has 1 aliphatic rings. The van der Waals surface area contributed by atoms with Gasteiger partial charge in [0.2, 0.25) is 0 Å². The van der Waals surface area contributed by atoms with E-state index in [1.807, 2.05) is 6.07 Å². The van der Waals surface area contributed by atoms with Crippen LogP contribution in [0.25, 0.3) is 0 Å². The maximum Gasteiger partial charge on any atom is 0.305 e. The zero-order valence-corrected chi connectivity index (χ0v) is 37.9. The number of hydrogen-bond acceptors (Lipinski definition) is 7. The molecule has 0 spiro atoms. The van der Waals surface area contributed by atoms with E-state index in [0.29, 0.717) is 13.0 Å². The molecule has 1 aromatic carbocycles. The lowest BCUT2D eigenvalue weighted by molar-refractivity contribution is -0.144. The number of nitrogens with zero attached hydrogens (tertiary/aromatic N) is 2. The molecule has 0 amide bonds. The zero-order chi connectivity index (χ0) is 41.4. The van der Waals surface area contributed by atoms with Crippen LogP contribution in [0.4, 0.5) is 0 Å². The maximum absolute atomic E-state index is 12.4. The fraction of sp³-hybridized carbons (Fsp3) is 0.784. The lowest BCUT2D eigenvalue weighted by Crippen LogP contribution is -2.47. The van der Waals surface area contributed by atoms with Crippen molar-refractivity contribution in [3.63, 3.8) is 0 Å². The topological polar surface area (TPSA) is 71.5 Å². The van der Waals surface area contributed by atoms with Gasteiger partial charge in [-0.15, -0.1) is 0 Å². The van der Waals surface area contributed by atoms with Crippen LogP contribution in [0.2, 0.25) is 0 Å². The van der Waals surface area contributed by atoms with Crippen LogP contribution in [0.1, 0.15) is 193 Å². The second kappa shape index (κ2) is 38.8. The molecule has 0 bridgehead atoms. The van der Waals surface area contributed by atoms with Crippen molar-refractivity contribution >= 4 is 5.97 Å². The molecular formula is C51H90N2O5. The van der Waals surface area contributed by atoms with Crippen molar-refractivity contribution in [2.24, 2.45) is 0 Å². The molecule has 1 heterocycles. The SMILES string of the molecule is CCCCC/C=C\C/C=C\CCCCCCCCOc1cc(CCCCCCCCCCCCCCC)cc(OCCOC(=O)CCCN2CCN(CCO)CC2)c1. The molecule has 1 fully saturated rings. The molecule has 0 aromatic heterocycles. The number of hydrogen-bond donors (Lipinski definition) is 1. The van der Waals surface area contributed by atoms with Crippen LogP contribution >= 0.6 is 0 Å². The third-order valence-electron chi connectivity index (χ3n) is 11.5. The van der Waals surface area contributed by atoms with Crippen molar-refractivity contribution in [1.29, 1.82) is 0 Å². The molecule has 1 aliphatic heterocycles. The summed E-state index contributed by atoms with van der Waals surface area (Å²) in [5, 5.41) is 9.15. The Kier molecular flexibility index (Phi) is 34.7. The lowest BCUT2D eigenvalue weighted by atomic mass is 10.0. The predicted octanol–water partition coefficient (Wildman–Crippen LogP) is 12.8. The normalized spacial score (nSPS) is 13.9. The van der Waals surface area contributed by atoms with E-state index in [1.54, 1.807) is 0 Å². The van der Waals surface area contributed by atoms with Crippen molar-refractivity contribution in [1.82, 2.24) is 9.80 Å². The van der Waals surface area contributed by atoms with Crippen LogP contribution in [0.3, 0.4) is 0 Å². The van der Waals surface area contributed by atoms with Gasteiger partial charge in [0, 0.05) is 45.2 Å². The number of aliphatic hydroxyl groups is 1. The van der Waals surface area contributed by atoms with Gasteiger partial charge in [0.1, 0.15) is 24.7 Å². The van der Waals surface area contributed by atoms with Crippen LogP contribution in [0.5, 0.6) is 11.5 Å². The highest BCUT2D eigenvalue weighted by atomic mass is 16.6. The van der Waals surface area contributed by atoms with Crippen molar-refractivity contribution in [3.05, 3.63) is 48.1 Å². The number of benzene rings is 1. The summed E-state index contributed by atoms with van der Waals surface area (Å²) in [4.78, 5) is 17.1. The number of rotatable bonds is 40. The summed E-state index contributed by atoms with van der Waals surface area (Å²) in [6.45, 7) is 11.7. The summed E-state index contributed by atoms with van der Waals surface area (Å²) in [6, 6.07) is 6.36. The summed E-state index contributed by atoms with van der Waals surface area (Å²) < 4.78 is 17.9. The molecular weight excluding hydrogens is 721 g/mol. The Morgan fingerprint density at radius 1 is 0.552 bits per heavy atom. The molecule has 0 aliphatic carbocycles. The molecule has 0 radical (unpaired) electrons. The average Bonchev–Trinajstić information content (AvgIpc) is 3.23. The standard InChI is InChI=1S/C51H90N2O5/c1-3-5-7-9-11-13-15-17-18-19-21-23-25-27-29-31-42-56-49-45-48(33-30-28-26-24-22-20-16-14-12-10-8-6-4-2)46-50(47-49)57-43-44-58-51(55)34-32-35-52-36-38-53(39-37-52)40-41-54/h11,13,17-18,45-47,54H,3-10,12,14-16,19-44H2,1-2H3/b13-11-,18-17-. The van der Waals surface area contributed by atoms with E-state index in [1.165, 1.54) is 153 Å². The fourth-order valence-corrected chi connectivity index (χ4v) is 7.78. The zero-order valence-electron chi connectivity index (χ0n) is 37.9. The van der Waals surface area contributed by atoms with Crippen molar-refractivity contribution in [2.45, 2.75) is 194 Å². The Morgan fingerprint density at radius 2 is 1.03 bits per heavy atom. The lowest BCUT2D eigenvalue weighted by Gasteiger charge is -2.34. The number of ether oxygens (including phenoxy) is 3. The fourth-order valence-electron chi connectivity index (χ4n) is 7.78. The quantitative estimate of drug-likeness (QED) is 0.0402. The Hall–Kier alpha value is -2.35. The Morgan fingerprint density at radius 3 is 1.62 bits per heavy atom. The van der Waals surface area contributed by atoms with Gasteiger partial charge < -0.3 is 24.2 Å². The van der Waals surface area contributed by atoms with E-state index in [9.17, 15) is 4.79 Å². The van der Waals surface area contributed by atoms with Gasteiger partial charge in [-0.1, -0.05) is 154 Å². The second-order valence-corrected chi connectivity index (χ2v) is 16.8. The van der Waals surface area contributed by atoms with Crippen LogP contribution in [-0.2, 0) is 16.0 Å². The summed E-state index contributed by atoms with van der Waals surface area (Å²) >= 11 is 0. The number of β-amino-alcohol motifs (C(OH)–C–C–N with tert-alkyl or cyclic N) is 1. The molecule has 2 rings (SSSR count). The average molecular weight is 811 g/mol. The first-order chi connectivity index (χ1) is 28.6. The molecule has 0 atom stereocenters. The molecule has 1 aromatic rings. The molecule has 7 nitrogen and oxygen atoms in total. The third kappa shape index (κ3) is 30.7. The Balaban J connectivity index is 1.66. The van der Waals surface area contributed by atoms with E-state index < -0.39 is 0 Å². The van der Waals surface area contributed by atoms with E-state index in [2.05, 4.69) is 60.1 Å². The first-order valence-corrected chi connectivity index (χ1v) is 24.5. The highest BCUT2D eigenvalue weighted by molar-refractivity contribution is 5.69. The second-order valence-electron chi connectivity index (χ2n) is 16.8. The van der Waals surface area contributed by atoms with Crippen molar-refractivity contribution < 1.29 is 24.1 Å². The van der Waals surface area contributed by atoms with Crippen LogP contribution < -0.4 is 9.47 Å². The molecule has 1 N–H and O–H groups in total. The first kappa shape index (κ1) is 51.8. The van der Waals surface area contributed by atoms with Gasteiger partial charge in [-0.25, -0.2) is 0 Å². The molecule has 1 saturated heterocycles. The smallest absolute Gasteiger partial charge is 0.305 e. The van der Waals surface area contributed by atoms with Gasteiger partial charge in [0.05, 0.1) is 13.2 Å². The van der Waals surface area contributed by atoms with Gasteiger partial charge in [0.25, 0.3) is 0 Å². The van der Waals surface area contributed by atoms with Crippen molar-refractivity contribution in [2.75, 3.05) is 65.7 Å². The van der Waals surface area contributed by atoms with E-state index in [4.69, 9.17) is 19.3 Å². The van der Waals surface area contributed by atoms with E-state index >= 15 is 0 Å². The van der Waals surface area contributed by atoms with E-state index in [-0.39, 0.29) is 19.2 Å². The Bertz CT molecular complexity index is 1130. The molecule has 7 heteroatoms. The van der Waals surface area contributed by atoms with Crippen molar-refractivity contribution in [3.8, 4) is 11.5 Å². The van der Waals surface area contributed by atoms with Crippen LogP contribution in [-0.4, -0.2) is 86.6 Å². The van der Waals surface area contributed by atoms with Gasteiger partial charge in [-0.3, -0.25) is 9.69 Å². The van der Waals surface area contributed by atoms with Crippen LogP contribution in [0.15, 0.2) is 42.5 Å². The molecule has 58 heavy (non-hydrogen) atoms. The largest absolute Gasteiger partial charge is 0.493 e. The number of esters is 1. The maximum atomic E-state index is 12.4. The number of carbonyl (C=O) groups excluding carboxylic acids is 1. The highest BCUT2D eigenvalue weighted by Crippen LogP contribution is 2.25. The minimum absolute atomic E-state index is 0.156. The molecule has 0 unspecified atom stereocenters. The van der Waals surface area contributed by atoms with Gasteiger partial charge in [-0.2, -0.15) is 0 Å². The summed E-state index contributed by atoms with van der Waals surface area (Å²) in [7, 11) is 0. The number of aliphatic hydroxyl groups excluding tert-OH is 1. The minimum atomic E-state index is -0.156. The number of carbonyl (C=O) groups is 1. The predicted molar refractivity (Wildman–Crippen MR) is 246 cm³/mol. The van der Waals surface area contributed by atoms with Crippen LogP contribution in [0, 0.1) is 0 Å². The third-order valence-corrected chi connectivity index (χ3v) is 11.5. The monoisotopic (exact) mass is 811 g/mol. The summed E-state index contributed by atoms with van der Waals surface area (Å²) in [6.07, 6.45) is 44.1. The molecule has 0 saturated carbocycles. The minimum Gasteiger partial charge on any atom is -0.493 e. The van der Waals surface area contributed by atoms with Gasteiger partial charge in [-0.05, 0) is 82.0 Å². The van der Waals surface area contributed by atoms with E-state index in [0.717, 1.165) is 83.1 Å².